The van der Waals surface area contributed by atoms with Crippen LogP contribution in [-0.2, 0) is 10.0 Å². The Labute approximate surface area is 123 Å². The summed E-state index contributed by atoms with van der Waals surface area (Å²) in [5.41, 5.74) is 0. The summed E-state index contributed by atoms with van der Waals surface area (Å²) in [6.07, 6.45) is 0.955. The Balaban J connectivity index is 2.02. The zero-order valence-electron chi connectivity index (χ0n) is 11.4. The van der Waals surface area contributed by atoms with Crippen molar-refractivity contribution in [1.82, 2.24) is 4.31 Å². The van der Waals surface area contributed by atoms with Crippen molar-refractivity contribution in [3.05, 3.63) is 18.2 Å². The van der Waals surface area contributed by atoms with Crippen LogP contribution < -0.4 is 9.47 Å². The topological polar surface area (TPSA) is 55.8 Å². The molecule has 3 rings (SSSR count). The summed E-state index contributed by atoms with van der Waals surface area (Å²) in [5.74, 6) is 1.76. The van der Waals surface area contributed by atoms with Gasteiger partial charge in [-0.05, 0) is 18.6 Å². The van der Waals surface area contributed by atoms with E-state index in [1.165, 1.54) is 20.3 Å². The maximum atomic E-state index is 12.9. The molecule has 2 aliphatic heterocycles. The van der Waals surface area contributed by atoms with Crippen molar-refractivity contribution < 1.29 is 17.9 Å². The Morgan fingerprint density at radius 3 is 2.65 bits per heavy atom. The molecule has 2 fully saturated rings. The maximum absolute atomic E-state index is 12.9. The van der Waals surface area contributed by atoms with Gasteiger partial charge in [-0.2, -0.15) is 16.1 Å². The van der Waals surface area contributed by atoms with Gasteiger partial charge < -0.3 is 9.47 Å². The maximum Gasteiger partial charge on any atom is 0.247 e. The van der Waals surface area contributed by atoms with E-state index in [0.717, 1.165) is 12.2 Å². The van der Waals surface area contributed by atoms with Crippen LogP contribution in [0, 0.1) is 0 Å². The molecular weight excluding hydrogens is 298 g/mol. The Kier molecular flexibility index (Phi) is 3.60. The Morgan fingerprint density at radius 2 is 2.10 bits per heavy atom. The van der Waals surface area contributed by atoms with Gasteiger partial charge >= 0.3 is 0 Å². The van der Waals surface area contributed by atoms with E-state index in [-0.39, 0.29) is 10.9 Å². The van der Waals surface area contributed by atoms with Crippen LogP contribution >= 0.6 is 11.8 Å². The number of hydrogen-bond donors (Lipinski definition) is 0. The van der Waals surface area contributed by atoms with Gasteiger partial charge in [-0.25, -0.2) is 8.42 Å². The van der Waals surface area contributed by atoms with E-state index < -0.39 is 10.0 Å². The summed E-state index contributed by atoms with van der Waals surface area (Å²) >= 11 is 1.86. The second-order valence-electron chi connectivity index (χ2n) is 4.94. The van der Waals surface area contributed by atoms with Crippen molar-refractivity contribution in [2.24, 2.45) is 0 Å². The predicted molar refractivity (Wildman–Crippen MR) is 78.1 cm³/mol. The SMILES string of the molecule is COc1ccc(OC)c(S(=O)(=O)N2CC3CC2CS3)c1. The number of benzene rings is 1. The molecule has 20 heavy (non-hydrogen) atoms. The average molecular weight is 315 g/mol. The van der Waals surface area contributed by atoms with Gasteiger partial charge in [0.2, 0.25) is 10.0 Å². The number of methoxy groups -OCH3 is 2. The van der Waals surface area contributed by atoms with Crippen LogP contribution in [-0.4, -0.2) is 50.5 Å². The summed E-state index contributed by atoms with van der Waals surface area (Å²) < 4.78 is 37.7. The monoisotopic (exact) mass is 315 g/mol. The van der Waals surface area contributed by atoms with Gasteiger partial charge in [0, 0.05) is 29.7 Å². The lowest BCUT2D eigenvalue weighted by Gasteiger charge is -2.26. The Morgan fingerprint density at radius 1 is 1.30 bits per heavy atom. The van der Waals surface area contributed by atoms with Crippen LogP contribution in [0.1, 0.15) is 6.42 Å². The van der Waals surface area contributed by atoms with Crippen LogP contribution in [0.25, 0.3) is 0 Å². The first-order valence-electron chi connectivity index (χ1n) is 6.41. The summed E-state index contributed by atoms with van der Waals surface area (Å²) in [7, 11) is -0.530. The molecule has 2 saturated heterocycles. The molecule has 0 aliphatic carbocycles. The van der Waals surface area contributed by atoms with Crippen LogP contribution in [0.4, 0.5) is 0 Å². The third kappa shape index (κ3) is 2.17. The molecule has 0 amide bonds. The fourth-order valence-corrected chi connectivity index (χ4v) is 6.25. The van der Waals surface area contributed by atoms with E-state index in [0.29, 0.717) is 23.3 Å². The van der Waals surface area contributed by atoms with Crippen LogP contribution in [0.3, 0.4) is 0 Å². The normalized spacial score (nSPS) is 25.9. The highest BCUT2D eigenvalue weighted by atomic mass is 32.2. The number of nitrogens with zero attached hydrogens (tertiary/aromatic N) is 1. The molecule has 0 radical (unpaired) electrons. The van der Waals surface area contributed by atoms with Crippen molar-refractivity contribution in [3.8, 4) is 11.5 Å². The molecule has 0 N–H and O–H groups in total. The second kappa shape index (κ2) is 5.13. The standard InChI is InChI=1S/C13H17NO4S2/c1-17-10-3-4-12(18-2)13(6-10)20(15,16)14-7-11-5-9(14)8-19-11/h3-4,6,9,11H,5,7-8H2,1-2H3. The van der Waals surface area contributed by atoms with Gasteiger partial charge in [-0.1, -0.05) is 0 Å². The van der Waals surface area contributed by atoms with E-state index in [9.17, 15) is 8.42 Å². The van der Waals surface area contributed by atoms with Gasteiger partial charge in [0.1, 0.15) is 16.4 Å². The van der Waals surface area contributed by atoms with Crippen LogP contribution in [0.2, 0.25) is 0 Å². The molecule has 2 atom stereocenters. The number of fused-ring (bicyclic) bond motifs is 2. The van der Waals surface area contributed by atoms with Crippen LogP contribution in [0.15, 0.2) is 23.1 Å². The molecule has 2 unspecified atom stereocenters. The molecule has 2 heterocycles. The molecule has 0 saturated carbocycles. The van der Waals surface area contributed by atoms with Crippen LogP contribution in [0.5, 0.6) is 11.5 Å². The number of hydrogen-bond acceptors (Lipinski definition) is 5. The molecule has 0 aromatic heterocycles. The minimum absolute atomic E-state index is 0.117. The third-order valence-electron chi connectivity index (χ3n) is 3.81. The smallest absolute Gasteiger partial charge is 0.247 e. The molecule has 2 bridgehead atoms. The Bertz CT molecular complexity index is 617. The van der Waals surface area contributed by atoms with Crippen molar-refractivity contribution in [3.63, 3.8) is 0 Å². The zero-order valence-corrected chi connectivity index (χ0v) is 13.0. The van der Waals surface area contributed by atoms with E-state index in [2.05, 4.69) is 0 Å². The van der Waals surface area contributed by atoms with Gasteiger partial charge in [-0.3, -0.25) is 0 Å². The van der Waals surface area contributed by atoms with Crippen molar-refractivity contribution in [1.29, 1.82) is 0 Å². The minimum Gasteiger partial charge on any atom is -0.497 e. The molecule has 0 spiro atoms. The number of rotatable bonds is 4. The molecule has 1 aromatic rings. The quantitative estimate of drug-likeness (QED) is 0.844. The molecule has 1 aromatic carbocycles. The first-order valence-corrected chi connectivity index (χ1v) is 8.90. The fraction of sp³-hybridized carbons (Fsp3) is 0.538. The molecule has 110 valence electrons. The highest BCUT2D eigenvalue weighted by molar-refractivity contribution is 8.00. The zero-order chi connectivity index (χ0) is 14.3. The summed E-state index contributed by atoms with van der Waals surface area (Å²) in [4.78, 5) is 0.192. The summed E-state index contributed by atoms with van der Waals surface area (Å²) in [6.45, 7) is 0.595. The molecule has 2 aliphatic rings. The van der Waals surface area contributed by atoms with Gasteiger partial charge in [0.05, 0.1) is 14.2 Å². The molecular formula is C13H17NO4S2. The minimum atomic E-state index is -3.53. The first kappa shape index (κ1) is 14.0. The van der Waals surface area contributed by atoms with Gasteiger partial charge in [0.25, 0.3) is 0 Å². The van der Waals surface area contributed by atoms with Gasteiger partial charge in [0.15, 0.2) is 0 Å². The van der Waals surface area contributed by atoms with Gasteiger partial charge in [-0.15, -0.1) is 0 Å². The largest absolute Gasteiger partial charge is 0.497 e. The lowest BCUT2D eigenvalue weighted by Crippen LogP contribution is -2.39. The number of thioether (sulfide) groups is 1. The summed E-state index contributed by atoms with van der Waals surface area (Å²) in [5, 5.41) is 0.436. The second-order valence-corrected chi connectivity index (χ2v) is 8.13. The van der Waals surface area contributed by atoms with Crippen molar-refractivity contribution >= 4 is 21.8 Å². The van der Waals surface area contributed by atoms with E-state index in [1.807, 2.05) is 11.8 Å². The van der Waals surface area contributed by atoms with Crippen molar-refractivity contribution in [2.75, 3.05) is 26.5 Å². The number of sulfonamides is 1. The highest BCUT2D eigenvalue weighted by Crippen LogP contribution is 2.42. The number of ether oxygens (including phenoxy) is 2. The lowest BCUT2D eigenvalue weighted by atomic mass is 10.3. The average Bonchev–Trinajstić information content (AvgIpc) is 3.09. The lowest BCUT2D eigenvalue weighted by molar-refractivity contribution is 0.380. The fourth-order valence-electron chi connectivity index (χ4n) is 2.77. The first-order chi connectivity index (χ1) is 9.56. The molecule has 7 heteroatoms. The van der Waals surface area contributed by atoms with E-state index >= 15 is 0 Å². The van der Waals surface area contributed by atoms with E-state index in [1.54, 1.807) is 16.4 Å². The summed E-state index contributed by atoms with van der Waals surface area (Å²) in [6, 6.07) is 4.98. The molecule has 5 nitrogen and oxygen atoms in total. The Hall–Kier alpha value is -0.920. The third-order valence-corrected chi connectivity index (χ3v) is 7.14. The highest BCUT2D eigenvalue weighted by Gasteiger charge is 2.45. The predicted octanol–water partition coefficient (Wildman–Crippen LogP) is 1.58. The van der Waals surface area contributed by atoms with Crippen molar-refractivity contribution in [2.45, 2.75) is 22.6 Å². The van der Waals surface area contributed by atoms with E-state index in [4.69, 9.17) is 9.47 Å².